The lowest BCUT2D eigenvalue weighted by molar-refractivity contribution is 0.456. The van der Waals surface area contributed by atoms with Crippen molar-refractivity contribution in [3.63, 3.8) is 0 Å². The number of ether oxygens (including phenoxy) is 1. The Morgan fingerprint density at radius 3 is 2.78 bits per heavy atom. The van der Waals surface area contributed by atoms with Gasteiger partial charge in [0, 0.05) is 34.9 Å². The molecule has 3 nitrogen and oxygen atoms in total. The molecule has 0 radical (unpaired) electrons. The van der Waals surface area contributed by atoms with Crippen LogP contribution in [0.1, 0.15) is 11.1 Å². The number of rotatable bonds is 3. The molecule has 0 saturated heterocycles. The molecule has 0 saturated carbocycles. The average molecular weight is 311 g/mol. The molecule has 0 amide bonds. The molecule has 2 rings (SSSR count). The van der Waals surface area contributed by atoms with E-state index in [1.807, 2.05) is 6.92 Å². The first-order chi connectivity index (χ1) is 8.60. The summed E-state index contributed by atoms with van der Waals surface area (Å²) < 4.78 is 19.9. The molecule has 1 aromatic heterocycles. The van der Waals surface area contributed by atoms with Gasteiger partial charge < -0.3 is 10.5 Å². The average Bonchev–Trinajstić information content (AvgIpc) is 2.34. The van der Waals surface area contributed by atoms with Gasteiger partial charge in [0.1, 0.15) is 11.6 Å². The maximum Gasteiger partial charge on any atom is 0.219 e. The Morgan fingerprint density at radius 1 is 1.39 bits per heavy atom. The minimum atomic E-state index is -0.371. The first-order valence-electron chi connectivity index (χ1n) is 5.38. The number of nitrogens with two attached hydrogens (primary N) is 1. The van der Waals surface area contributed by atoms with Crippen molar-refractivity contribution in [3.8, 4) is 11.6 Å². The molecule has 1 aromatic carbocycles. The monoisotopic (exact) mass is 310 g/mol. The van der Waals surface area contributed by atoms with Crippen LogP contribution in [0.5, 0.6) is 11.6 Å². The first kappa shape index (κ1) is 13.0. The van der Waals surface area contributed by atoms with Crippen LogP contribution in [-0.4, -0.2) is 4.98 Å². The standard InChI is InChI=1S/C13H12BrFN2O/c1-8-4-13(17-7-11(8)14)18-10-3-2-9(6-16)12(15)5-10/h2-5,7H,6,16H2,1H3. The zero-order valence-corrected chi connectivity index (χ0v) is 11.4. The summed E-state index contributed by atoms with van der Waals surface area (Å²) in [6, 6.07) is 6.36. The molecule has 0 atom stereocenters. The van der Waals surface area contributed by atoms with Crippen molar-refractivity contribution in [2.75, 3.05) is 0 Å². The Bertz CT molecular complexity index is 575. The lowest BCUT2D eigenvalue weighted by Gasteiger charge is -2.07. The predicted octanol–water partition coefficient (Wildman–Crippen LogP) is 3.54. The minimum Gasteiger partial charge on any atom is -0.439 e. The predicted molar refractivity (Wildman–Crippen MR) is 71.0 cm³/mol. The molecule has 0 aliphatic heterocycles. The van der Waals surface area contributed by atoms with Crippen molar-refractivity contribution in [3.05, 3.63) is 51.9 Å². The van der Waals surface area contributed by atoms with Crippen molar-refractivity contribution < 1.29 is 9.13 Å². The fourth-order valence-corrected chi connectivity index (χ4v) is 1.66. The lowest BCUT2D eigenvalue weighted by atomic mass is 10.2. The molecule has 2 aromatic rings. The van der Waals surface area contributed by atoms with Crippen LogP contribution in [0.2, 0.25) is 0 Å². The van der Waals surface area contributed by atoms with Crippen LogP contribution in [0, 0.1) is 12.7 Å². The second-order valence-electron chi connectivity index (χ2n) is 3.83. The zero-order chi connectivity index (χ0) is 13.1. The van der Waals surface area contributed by atoms with Gasteiger partial charge in [-0.1, -0.05) is 6.07 Å². The summed E-state index contributed by atoms with van der Waals surface area (Å²) >= 11 is 3.35. The minimum absolute atomic E-state index is 0.168. The number of hydrogen-bond acceptors (Lipinski definition) is 3. The van der Waals surface area contributed by atoms with E-state index in [0.29, 0.717) is 17.2 Å². The number of pyridine rings is 1. The Labute approximate surface area is 113 Å². The quantitative estimate of drug-likeness (QED) is 0.943. The van der Waals surface area contributed by atoms with Crippen LogP contribution in [0.25, 0.3) is 0 Å². The number of aryl methyl sites for hydroxylation is 1. The van der Waals surface area contributed by atoms with E-state index in [2.05, 4.69) is 20.9 Å². The number of benzene rings is 1. The summed E-state index contributed by atoms with van der Waals surface area (Å²) in [4.78, 5) is 4.09. The summed E-state index contributed by atoms with van der Waals surface area (Å²) in [7, 11) is 0. The van der Waals surface area contributed by atoms with Gasteiger partial charge in [-0.2, -0.15) is 0 Å². The van der Waals surface area contributed by atoms with Crippen molar-refractivity contribution in [1.82, 2.24) is 4.98 Å². The van der Waals surface area contributed by atoms with Gasteiger partial charge in [-0.15, -0.1) is 0 Å². The SMILES string of the molecule is Cc1cc(Oc2ccc(CN)c(F)c2)ncc1Br. The van der Waals surface area contributed by atoms with Gasteiger partial charge in [0.05, 0.1) is 0 Å². The highest BCUT2D eigenvalue weighted by molar-refractivity contribution is 9.10. The number of halogens is 2. The van der Waals surface area contributed by atoms with Crippen molar-refractivity contribution in [1.29, 1.82) is 0 Å². The molecule has 0 fully saturated rings. The Balaban J connectivity index is 2.23. The fraction of sp³-hybridized carbons (Fsp3) is 0.154. The molecule has 0 aliphatic carbocycles. The highest BCUT2D eigenvalue weighted by Crippen LogP contribution is 2.24. The number of nitrogens with zero attached hydrogens (tertiary/aromatic N) is 1. The van der Waals surface area contributed by atoms with E-state index >= 15 is 0 Å². The normalized spacial score (nSPS) is 10.4. The highest BCUT2D eigenvalue weighted by atomic mass is 79.9. The molecule has 1 heterocycles. The number of aromatic nitrogens is 1. The van der Waals surface area contributed by atoms with E-state index in [1.54, 1.807) is 24.4 Å². The van der Waals surface area contributed by atoms with E-state index < -0.39 is 0 Å². The van der Waals surface area contributed by atoms with Gasteiger partial charge in [-0.3, -0.25) is 0 Å². The van der Waals surface area contributed by atoms with Gasteiger partial charge in [0.2, 0.25) is 5.88 Å². The first-order valence-corrected chi connectivity index (χ1v) is 6.18. The molecule has 0 bridgehead atoms. The van der Waals surface area contributed by atoms with Crippen molar-refractivity contribution >= 4 is 15.9 Å². The Hall–Kier alpha value is -1.46. The van der Waals surface area contributed by atoms with Crippen LogP contribution >= 0.6 is 15.9 Å². The highest BCUT2D eigenvalue weighted by Gasteiger charge is 2.05. The fourth-order valence-electron chi connectivity index (χ4n) is 1.45. The van der Waals surface area contributed by atoms with E-state index in [-0.39, 0.29) is 12.4 Å². The van der Waals surface area contributed by atoms with Gasteiger partial charge in [-0.05, 0) is 34.5 Å². The smallest absolute Gasteiger partial charge is 0.219 e. The Kier molecular flexibility index (Phi) is 3.93. The molecule has 0 unspecified atom stereocenters. The summed E-state index contributed by atoms with van der Waals surface area (Å²) in [6.07, 6.45) is 1.65. The van der Waals surface area contributed by atoms with Gasteiger partial charge in [-0.25, -0.2) is 9.37 Å². The molecule has 0 spiro atoms. The van der Waals surface area contributed by atoms with Crippen LogP contribution in [0.3, 0.4) is 0 Å². The molecular formula is C13H12BrFN2O. The lowest BCUT2D eigenvalue weighted by Crippen LogP contribution is -1.99. The summed E-state index contributed by atoms with van der Waals surface area (Å²) in [6.45, 7) is 2.10. The van der Waals surface area contributed by atoms with E-state index in [9.17, 15) is 4.39 Å². The summed E-state index contributed by atoms with van der Waals surface area (Å²) in [5.74, 6) is 0.457. The van der Waals surface area contributed by atoms with Crippen LogP contribution in [0.15, 0.2) is 34.9 Å². The second kappa shape index (κ2) is 5.46. The Morgan fingerprint density at radius 2 is 2.17 bits per heavy atom. The third-order valence-corrected chi connectivity index (χ3v) is 3.32. The second-order valence-corrected chi connectivity index (χ2v) is 4.69. The van der Waals surface area contributed by atoms with Gasteiger partial charge in [0.15, 0.2) is 0 Å². The zero-order valence-electron chi connectivity index (χ0n) is 9.78. The third-order valence-electron chi connectivity index (χ3n) is 2.49. The van der Waals surface area contributed by atoms with Crippen LogP contribution in [-0.2, 0) is 6.54 Å². The third kappa shape index (κ3) is 2.86. The molecule has 5 heteroatoms. The largest absolute Gasteiger partial charge is 0.439 e. The molecular weight excluding hydrogens is 299 g/mol. The molecule has 94 valence electrons. The summed E-state index contributed by atoms with van der Waals surface area (Å²) in [5.41, 5.74) is 6.85. The van der Waals surface area contributed by atoms with E-state index in [0.717, 1.165) is 10.0 Å². The summed E-state index contributed by atoms with van der Waals surface area (Å²) in [5, 5.41) is 0. The van der Waals surface area contributed by atoms with Crippen LogP contribution < -0.4 is 10.5 Å². The topological polar surface area (TPSA) is 48.1 Å². The van der Waals surface area contributed by atoms with E-state index in [1.165, 1.54) is 6.07 Å². The van der Waals surface area contributed by atoms with Crippen LogP contribution in [0.4, 0.5) is 4.39 Å². The number of hydrogen-bond donors (Lipinski definition) is 1. The van der Waals surface area contributed by atoms with Crippen molar-refractivity contribution in [2.24, 2.45) is 5.73 Å². The van der Waals surface area contributed by atoms with Gasteiger partial charge in [0.25, 0.3) is 0 Å². The van der Waals surface area contributed by atoms with E-state index in [4.69, 9.17) is 10.5 Å². The maximum absolute atomic E-state index is 13.5. The van der Waals surface area contributed by atoms with Crippen molar-refractivity contribution in [2.45, 2.75) is 13.5 Å². The molecule has 18 heavy (non-hydrogen) atoms. The molecule has 0 aliphatic rings. The molecule has 2 N–H and O–H groups in total. The maximum atomic E-state index is 13.5. The van der Waals surface area contributed by atoms with Gasteiger partial charge >= 0.3 is 0 Å².